The van der Waals surface area contributed by atoms with E-state index in [0.29, 0.717) is 5.57 Å². The summed E-state index contributed by atoms with van der Waals surface area (Å²) in [5.74, 6) is -2.27. The van der Waals surface area contributed by atoms with Gasteiger partial charge in [0.1, 0.15) is 18.1 Å². The third-order valence-corrected chi connectivity index (χ3v) is 7.09. The Bertz CT molecular complexity index is 815. The van der Waals surface area contributed by atoms with Gasteiger partial charge in [-0.3, -0.25) is 19.2 Å². The van der Waals surface area contributed by atoms with Crippen molar-refractivity contribution < 1.29 is 38.1 Å². The number of ketones is 2. The van der Waals surface area contributed by atoms with Gasteiger partial charge in [-0.25, -0.2) is 0 Å². The number of carbonyl (C=O) groups excluding carboxylic acids is 4. The Kier molecular flexibility index (Phi) is 4.27. The maximum absolute atomic E-state index is 13.1. The van der Waals surface area contributed by atoms with Crippen LogP contribution in [0.15, 0.2) is 11.6 Å². The summed E-state index contributed by atoms with van der Waals surface area (Å²) in [6.07, 6.45) is -1.18. The monoisotopic (exact) mass is 412 g/mol. The molecule has 4 rings (SSSR count). The van der Waals surface area contributed by atoms with E-state index in [9.17, 15) is 19.2 Å². The van der Waals surface area contributed by atoms with Crippen LogP contribution in [0.25, 0.3) is 0 Å². The van der Waals surface area contributed by atoms with Gasteiger partial charge in [-0.05, 0) is 18.6 Å². The van der Waals surface area contributed by atoms with E-state index in [4.69, 9.17) is 30.5 Å². The Morgan fingerprint density at radius 3 is 2.61 bits per heavy atom. The SMILES string of the molecule is CC(=O)OC[C@]12CC(=O)C(C)=C[C@H]1O[C@@H]1C(=O)[C@@H](OC(=O)CCl)[C@@]2(C)[C@]12CO2. The predicted molar refractivity (Wildman–Crippen MR) is 93.5 cm³/mol. The number of ether oxygens (including phenoxy) is 4. The van der Waals surface area contributed by atoms with E-state index in [1.807, 2.05) is 0 Å². The number of hydrogen-bond acceptors (Lipinski definition) is 8. The molecule has 0 amide bonds. The fraction of sp³-hybridized carbons (Fsp3) is 0.684. The number of epoxide rings is 1. The zero-order valence-electron chi connectivity index (χ0n) is 15.8. The molecule has 1 spiro atoms. The van der Waals surface area contributed by atoms with Crippen LogP contribution < -0.4 is 0 Å². The molecular weight excluding hydrogens is 392 g/mol. The lowest BCUT2D eigenvalue weighted by atomic mass is 9.51. The molecule has 4 aliphatic rings. The normalized spacial score (nSPS) is 43.4. The van der Waals surface area contributed by atoms with Crippen LogP contribution in [0.5, 0.6) is 0 Å². The van der Waals surface area contributed by atoms with Crippen molar-refractivity contribution in [3.8, 4) is 0 Å². The van der Waals surface area contributed by atoms with Gasteiger partial charge in [0.05, 0.1) is 23.5 Å². The third kappa shape index (κ3) is 2.25. The molecule has 0 unspecified atom stereocenters. The van der Waals surface area contributed by atoms with Crippen molar-refractivity contribution in [2.24, 2.45) is 10.8 Å². The standard InChI is InChI=1S/C19H21ClO8/c1-9-4-12-18(5-11(9)22,7-25-10(2)21)17(3)15(28-13(23)6-20)14(24)16(27-12)19(17)8-26-19/h4,12,15-16H,5-8H2,1-3H3/t12-,15-,16-,17-,18-,19+/m1/s1. The molecule has 1 saturated carbocycles. The van der Waals surface area contributed by atoms with Crippen LogP contribution in [0, 0.1) is 10.8 Å². The molecule has 0 radical (unpaired) electrons. The summed E-state index contributed by atoms with van der Waals surface area (Å²) < 4.78 is 22.7. The van der Waals surface area contributed by atoms with Crippen molar-refractivity contribution in [3.05, 3.63) is 11.6 Å². The lowest BCUT2D eigenvalue weighted by molar-refractivity contribution is -0.231. The summed E-state index contributed by atoms with van der Waals surface area (Å²) in [4.78, 5) is 49.4. The molecule has 2 heterocycles. The number of carbonyl (C=O) groups is 4. The van der Waals surface area contributed by atoms with Crippen LogP contribution in [-0.2, 0) is 38.1 Å². The smallest absolute Gasteiger partial charge is 0.321 e. The van der Waals surface area contributed by atoms with Crippen LogP contribution in [0.2, 0.25) is 0 Å². The Labute approximate surface area is 166 Å². The lowest BCUT2D eigenvalue weighted by Gasteiger charge is -2.57. The molecule has 2 aliphatic heterocycles. The Morgan fingerprint density at radius 1 is 1.36 bits per heavy atom. The predicted octanol–water partition coefficient (Wildman–Crippen LogP) is 0.731. The molecule has 152 valence electrons. The fourth-order valence-corrected chi connectivity index (χ4v) is 5.25. The first-order valence-corrected chi connectivity index (χ1v) is 9.60. The van der Waals surface area contributed by atoms with Gasteiger partial charge in [0, 0.05) is 13.3 Å². The minimum absolute atomic E-state index is 0.0240. The van der Waals surface area contributed by atoms with Gasteiger partial charge in [0.2, 0.25) is 5.78 Å². The third-order valence-electron chi connectivity index (χ3n) is 6.87. The van der Waals surface area contributed by atoms with E-state index in [1.165, 1.54) is 6.92 Å². The quantitative estimate of drug-likeness (QED) is 0.378. The zero-order valence-corrected chi connectivity index (χ0v) is 16.5. The number of alkyl halides is 1. The Morgan fingerprint density at radius 2 is 2.04 bits per heavy atom. The van der Waals surface area contributed by atoms with Crippen LogP contribution >= 0.6 is 11.6 Å². The number of fused-ring (bicyclic) bond motifs is 2. The molecule has 6 atom stereocenters. The molecule has 0 aromatic heterocycles. The number of hydrogen-bond donors (Lipinski definition) is 0. The first-order chi connectivity index (χ1) is 13.1. The molecule has 2 aliphatic carbocycles. The number of halogens is 1. The minimum atomic E-state index is -1.22. The highest BCUT2D eigenvalue weighted by Gasteiger charge is 2.86. The minimum Gasteiger partial charge on any atom is -0.465 e. The summed E-state index contributed by atoms with van der Waals surface area (Å²) in [6.45, 7) is 4.75. The first kappa shape index (κ1) is 19.5. The van der Waals surface area contributed by atoms with Gasteiger partial charge in [-0.1, -0.05) is 6.92 Å². The van der Waals surface area contributed by atoms with Crippen molar-refractivity contribution in [2.75, 3.05) is 19.1 Å². The zero-order chi connectivity index (χ0) is 20.5. The topological polar surface area (TPSA) is 109 Å². The second-order valence-corrected chi connectivity index (χ2v) is 8.38. The second-order valence-electron chi connectivity index (χ2n) is 8.11. The molecule has 2 saturated heterocycles. The molecule has 9 heteroatoms. The van der Waals surface area contributed by atoms with E-state index in [1.54, 1.807) is 19.9 Å². The van der Waals surface area contributed by atoms with E-state index in [-0.39, 0.29) is 25.4 Å². The van der Waals surface area contributed by atoms with Gasteiger partial charge in [-0.15, -0.1) is 11.6 Å². The van der Waals surface area contributed by atoms with Crippen molar-refractivity contribution in [1.29, 1.82) is 0 Å². The molecule has 8 nitrogen and oxygen atoms in total. The number of allylic oxidation sites excluding steroid dienone is 1. The van der Waals surface area contributed by atoms with Crippen molar-refractivity contribution in [2.45, 2.75) is 51.1 Å². The highest BCUT2D eigenvalue weighted by molar-refractivity contribution is 6.26. The summed E-state index contributed by atoms with van der Waals surface area (Å²) in [6, 6.07) is 0. The van der Waals surface area contributed by atoms with Gasteiger partial charge in [-0.2, -0.15) is 0 Å². The summed E-state index contributed by atoms with van der Waals surface area (Å²) in [5, 5.41) is 0. The van der Waals surface area contributed by atoms with Crippen molar-refractivity contribution >= 4 is 35.1 Å². The van der Waals surface area contributed by atoms with Crippen LogP contribution in [0.4, 0.5) is 0 Å². The van der Waals surface area contributed by atoms with Crippen LogP contribution in [0.1, 0.15) is 27.2 Å². The molecular formula is C19H21ClO8. The van der Waals surface area contributed by atoms with E-state index < -0.39 is 58.3 Å². The van der Waals surface area contributed by atoms with E-state index in [0.717, 1.165) is 0 Å². The van der Waals surface area contributed by atoms with E-state index >= 15 is 0 Å². The number of Topliss-reactive ketones (excluding diaryl/α,β-unsaturated/α-hetero) is 2. The average molecular weight is 413 g/mol. The van der Waals surface area contributed by atoms with Crippen LogP contribution in [0.3, 0.4) is 0 Å². The molecule has 0 aromatic carbocycles. The van der Waals surface area contributed by atoms with Crippen LogP contribution in [-0.4, -0.2) is 66.5 Å². The molecule has 2 bridgehead atoms. The molecule has 3 fully saturated rings. The average Bonchev–Trinajstić information content (AvgIpc) is 3.42. The Balaban J connectivity index is 1.89. The first-order valence-electron chi connectivity index (χ1n) is 9.06. The van der Waals surface area contributed by atoms with Gasteiger partial charge in [0.25, 0.3) is 0 Å². The molecule has 0 aromatic rings. The largest absolute Gasteiger partial charge is 0.465 e. The van der Waals surface area contributed by atoms with Crippen molar-refractivity contribution in [3.63, 3.8) is 0 Å². The maximum Gasteiger partial charge on any atom is 0.321 e. The fourth-order valence-electron chi connectivity index (χ4n) is 5.19. The van der Waals surface area contributed by atoms with Crippen molar-refractivity contribution in [1.82, 2.24) is 0 Å². The molecule has 28 heavy (non-hydrogen) atoms. The highest BCUT2D eigenvalue weighted by Crippen LogP contribution is 2.70. The lowest BCUT2D eigenvalue weighted by Crippen LogP contribution is -2.67. The number of esters is 2. The summed E-state index contributed by atoms with van der Waals surface area (Å²) in [5.41, 5.74) is -2.77. The Hall–Kier alpha value is -1.77. The number of rotatable bonds is 4. The van der Waals surface area contributed by atoms with E-state index in [2.05, 4.69) is 0 Å². The summed E-state index contributed by atoms with van der Waals surface area (Å²) in [7, 11) is 0. The summed E-state index contributed by atoms with van der Waals surface area (Å²) >= 11 is 5.59. The second kappa shape index (κ2) is 6.11. The van der Waals surface area contributed by atoms with Gasteiger partial charge < -0.3 is 18.9 Å². The molecule has 0 N–H and O–H groups in total. The van der Waals surface area contributed by atoms with Gasteiger partial charge >= 0.3 is 11.9 Å². The highest BCUT2D eigenvalue weighted by atomic mass is 35.5. The maximum atomic E-state index is 13.1. The van der Waals surface area contributed by atoms with Gasteiger partial charge in [0.15, 0.2) is 18.0 Å².